The summed E-state index contributed by atoms with van der Waals surface area (Å²) in [4.78, 5) is 0. The molecule has 0 spiro atoms. The van der Waals surface area contributed by atoms with E-state index in [-0.39, 0.29) is 12.2 Å². The third-order valence-corrected chi connectivity index (χ3v) is 3.31. The molecule has 0 amide bonds. The zero-order valence-electron chi connectivity index (χ0n) is 7.53. The van der Waals surface area contributed by atoms with Crippen LogP contribution in [0.3, 0.4) is 0 Å². The van der Waals surface area contributed by atoms with Gasteiger partial charge in [0.15, 0.2) is 0 Å². The maximum absolute atomic E-state index is 9.29. The Morgan fingerprint density at radius 1 is 1.62 bits per heavy atom. The molecule has 2 rings (SSSR count). The van der Waals surface area contributed by atoms with E-state index >= 15 is 0 Å². The fourth-order valence-corrected chi connectivity index (χ4v) is 2.51. The summed E-state index contributed by atoms with van der Waals surface area (Å²) in [5.74, 6) is 0. The van der Waals surface area contributed by atoms with Crippen LogP contribution in [0.2, 0.25) is 0 Å². The van der Waals surface area contributed by atoms with Crippen LogP contribution in [0.25, 0.3) is 0 Å². The lowest BCUT2D eigenvalue weighted by molar-refractivity contribution is -0.0376. The van der Waals surface area contributed by atoms with Gasteiger partial charge >= 0.3 is 0 Å². The van der Waals surface area contributed by atoms with E-state index in [4.69, 9.17) is 4.74 Å². The van der Waals surface area contributed by atoms with Crippen molar-refractivity contribution in [1.82, 2.24) is 0 Å². The summed E-state index contributed by atoms with van der Waals surface area (Å²) in [6.07, 6.45) is 2.91. The number of thiophene rings is 1. The summed E-state index contributed by atoms with van der Waals surface area (Å²) in [6.45, 7) is 0.938. The van der Waals surface area contributed by atoms with Gasteiger partial charge in [-0.2, -0.15) is 11.3 Å². The molecule has 2 heterocycles. The van der Waals surface area contributed by atoms with Crippen LogP contribution in [-0.2, 0) is 11.2 Å². The highest BCUT2D eigenvalue weighted by Crippen LogP contribution is 2.29. The maximum Gasteiger partial charge on any atom is 0.0953 e. The van der Waals surface area contributed by atoms with E-state index < -0.39 is 0 Å². The molecule has 1 aromatic heterocycles. The lowest BCUT2D eigenvalue weighted by Crippen LogP contribution is -2.34. The van der Waals surface area contributed by atoms with Gasteiger partial charge in [-0.1, -0.05) is 0 Å². The smallest absolute Gasteiger partial charge is 0.0953 e. The molecule has 72 valence electrons. The van der Waals surface area contributed by atoms with Crippen LogP contribution in [0.15, 0.2) is 16.8 Å². The summed E-state index contributed by atoms with van der Waals surface area (Å²) in [5, 5.41) is 13.5. The molecule has 1 saturated heterocycles. The molecule has 1 aromatic rings. The average molecular weight is 198 g/mol. The quantitative estimate of drug-likeness (QED) is 0.803. The minimum absolute atomic E-state index is 0.142. The van der Waals surface area contributed by atoms with Crippen molar-refractivity contribution in [3.63, 3.8) is 0 Å². The van der Waals surface area contributed by atoms with Gasteiger partial charge in [0.25, 0.3) is 0 Å². The first-order valence-corrected chi connectivity index (χ1v) is 5.55. The zero-order valence-corrected chi connectivity index (χ0v) is 8.35. The predicted octanol–water partition coefficient (Wildman–Crippen LogP) is 1.83. The minimum Gasteiger partial charge on any atom is -0.393 e. The second-order valence-electron chi connectivity index (χ2n) is 3.60. The molecule has 1 aliphatic heterocycles. The molecule has 1 N–H and O–H groups in total. The van der Waals surface area contributed by atoms with Gasteiger partial charge < -0.3 is 9.84 Å². The van der Waals surface area contributed by atoms with E-state index in [1.165, 1.54) is 5.56 Å². The van der Waals surface area contributed by atoms with Gasteiger partial charge in [-0.15, -0.1) is 0 Å². The first kappa shape index (κ1) is 9.19. The fraction of sp³-hybridized carbons (Fsp3) is 0.600. The molecule has 1 aliphatic rings. The SMILES string of the molecule is OCC1(Cc2ccsc2)CCCO1. The third kappa shape index (κ3) is 1.93. The molecule has 1 fully saturated rings. The molecule has 2 nitrogen and oxygen atoms in total. The van der Waals surface area contributed by atoms with Crippen molar-refractivity contribution < 1.29 is 9.84 Å². The summed E-state index contributed by atoms with van der Waals surface area (Å²) < 4.78 is 5.62. The van der Waals surface area contributed by atoms with Gasteiger partial charge in [0.05, 0.1) is 12.2 Å². The van der Waals surface area contributed by atoms with E-state index in [0.29, 0.717) is 0 Å². The highest BCUT2D eigenvalue weighted by molar-refractivity contribution is 7.07. The largest absolute Gasteiger partial charge is 0.393 e. The van der Waals surface area contributed by atoms with Gasteiger partial charge in [-0.3, -0.25) is 0 Å². The van der Waals surface area contributed by atoms with Crippen molar-refractivity contribution in [3.8, 4) is 0 Å². The van der Waals surface area contributed by atoms with Crippen molar-refractivity contribution >= 4 is 11.3 Å². The molecule has 1 atom stereocenters. The lowest BCUT2D eigenvalue weighted by Gasteiger charge is -2.25. The summed E-state index contributed by atoms with van der Waals surface area (Å²) in [5.41, 5.74) is 1.00. The topological polar surface area (TPSA) is 29.5 Å². The van der Waals surface area contributed by atoms with Gasteiger partial charge in [-0.25, -0.2) is 0 Å². The maximum atomic E-state index is 9.29. The van der Waals surface area contributed by atoms with Gasteiger partial charge in [0.2, 0.25) is 0 Å². The van der Waals surface area contributed by atoms with Crippen LogP contribution >= 0.6 is 11.3 Å². The molecule has 0 saturated carbocycles. The van der Waals surface area contributed by atoms with E-state index in [0.717, 1.165) is 25.9 Å². The van der Waals surface area contributed by atoms with Crippen LogP contribution in [0.5, 0.6) is 0 Å². The number of hydrogen-bond acceptors (Lipinski definition) is 3. The number of rotatable bonds is 3. The standard InChI is InChI=1S/C10H14O2S/c11-8-10(3-1-4-12-10)6-9-2-5-13-7-9/h2,5,7,11H,1,3-4,6,8H2. The first-order valence-electron chi connectivity index (χ1n) is 4.61. The second kappa shape index (κ2) is 3.78. The molecule has 0 aromatic carbocycles. The number of aliphatic hydroxyl groups excluding tert-OH is 1. The fourth-order valence-electron chi connectivity index (χ4n) is 1.84. The van der Waals surface area contributed by atoms with Gasteiger partial charge in [0, 0.05) is 13.0 Å². The minimum atomic E-state index is -0.277. The molecular weight excluding hydrogens is 184 g/mol. The van der Waals surface area contributed by atoms with Crippen LogP contribution in [0.1, 0.15) is 18.4 Å². The van der Waals surface area contributed by atoms with E-state index in [1.807, 2.05) is 0 Å². The Labute approximate surface area is 82.2 Å². The third-order valence-electron chi connectivity index (χ3n) is 2.58. The van der Waals surface area contributed by atoms with Crippen molar-refractivity contribution in [3.05, 3.63) is 22.4 Å². The summed E-state index contributed by atoms with van der Waals surface area (Å²) in [6, 6.07) is 2.10. The van der Waals surface area contributed by atoms with E-state index in [1.54, 1.807) is 11.3 Å². The Morgan fingerprint density at radius 3 is 3.08 bits per heavy atom. The van der Waals surface area contributed by atoms with Crippen molar-refractivity contribution in [1.29, 1.82) is 0 Å². The molecule has 13 heavy (non-hydrogen) atoms. The highest BCUT2D eigenvalue weighted by atomic mass is 32.1. The molecule has 0 bridgehead atoms. The van der Waals surface area contributed by atoms with Crippen LogP contribution in [0.4, 0.5) is 0 Å². The summed E-state index contributed by atoms with van der Waals surface area (Å²) in [7, 11) is 0. The highest BCUT2D eigenvalue weighted by Gasteiger charge is 2.34. The van der Waals surface area contributed by atoms with Crippen molar-refractivity contribution in [2.75, 3.05) is 13.2 Å². The molecule has 0 aliphatic carbocycles. The van der Waals surface area contributed by atoms with Gasteiger partial charge in [0.1, 0.15) is 0 Å². The molecule has 1 unspecified atom stereocenters. The van der Waals surface area contributed by atoms with Crippen molar-refractivity contribution in [2.24, 2.45) is 0 Å². The Bertz CT molecular complexity index is 250. The van der Waals surface area contributed by atoms with Crippen LogP contribution in [-0.4, -0.2) is 23.9 Å². The van der Waals surface area contributed by atoms with Crippen molar-refractivity contribution in [2.45, 2.75) is 24.9 Å². The van der Waals surface area contributed by atoms with E-state index in [9.17, 15) is 5.11 Å². The molecule has 0 radical (unpaired) electrons. The van der Waals surface area contributed by atoms with Gasteiger partial charge in [-0.05, 0) is 35.2 Å². The summed E-state index contributed by atoms with van der Waals surface area (Å²) >= 11 is 1.69. The Balaban J connectivity index is 2.06. The molecule has 3 heteroatoms. The monoisotopic (exact) mass is 198 g/mol. The number of aliphatic hydroxyl groups is 1. The Kier molecular flexibility index (Phi) is 2.67. The Morgan fingerprint density at radius 2 is 2.54 bits per heavy atom. The Hall–Kier alpha value is -0.380. The number of ether oxygens (including phenoxy) is 1. The van der Waals surface area contributed by atoms with Crippen LogP contribution in [0, 0.1) is 0 Å². The predicted molar refractivity (Wildman–Crippen MR) is 53.0 cm³/mol. The molecular formula is C10H14O2S. The average Bonchev–Trinajstić information content (AvgIpc) is 2.77. The number of hydrogen-bond donors (Lipinski definition) is 1. The second-order valence-corrected chi connectivity index (χ2v) is 4.38. The normalized spacial score (nSPS) is 28.1. The first-order chi connectivity index (χ1) is 6.35. The lowest BCUT2D eigenvalue weighted by atomic mass is 9.94. The zero-order chi connectivity index (χ0) is 9.15. The van der Waals surface area contributed by atoms with E-state index in [2.05, 4.69) is 16.8 Å². The van der Waals surface area contributed by atoms with Crippen LogP contribution < -0.4 is 0 Å².